The summed E-state index contributed by atoms with van der Waals surface area (Å²) in [5, 5.41) is 2.97. The second-order valence-corrected chi connectivity index (χ2v) is 4.97. The van der Waals surface area contributed by atoms with Crippen molar-refractivity contribution in [3.8, 4) is 0 Å². The number of rotatable bonds is 2. The Morgan fingerprint density at radius 3 is 2.35 bits per heavy atom. The van der Waals surface area contributed by atoms with Gasteiger partial charge in [0, 0.05) is 17.6 Å². The van der Waals surface area contributed by atoms with Crippen LogP contribution in [0.3, 0.4) is 0 Å². The van der Waals surface area contributed by atoms with Crippen LogP contribution in [0.4, 0.5) is 5.69 Å². The molecule has 0 aromatic heterocycles. The van der Waals surface area contributed by atoms with E-state index >= 15 is 0 Å². The van der Waals surface area contributed by atoms with Gasteiger partial charge in [-0.3, -0.25) is 4.79 Å². The average molecular weight is 232 g/mol. The molecule has 17 heavy (non-hydrogen) atoms. The number of nitrogens with one attached hydrogen (secondary N) is 1. The summed E-state index contributed by atoms with van der Waals surface area (Å²) >= 11 is 0. The number of anilines is 1. The largest absolute Gasteiger partial charge is 0.328 e. The molecule has 2 rings (SSSR count). The second kappa shape index (κ2) is 5.32. The first-order chi connectivity index (χ1) is 8.15. The van der Waals surface area contributed by atoms with Crippen LogP contribution < -0.4 is 11.1 Å². The maximum absolute atomic E-state index is 12.0. The van der Waals surface area contributed by atoms with Crippen LogP contribution in [-0.4, -0.2) is 11.9 Å². The molecule has 1 aromatic carbocycles. The van der Waals surface area contributed by atoms with Gasteiger partial charge in [-0.05, 0) is 44.7 Å². The Hall–Kier alpha value is -1.35. The highest BCUT2D eigenvalue weighted by molar-refractivity contribution is 5.92. The standard InChI is InChI=1S/C14H20N2O/c1-10-2-8-13(9-3-10)16-14(17)11-4-6-12(15)7-5-11/h2-3,8-9,11-12H,4-7,15H2,1H3,(H,16,17). The van der Waals surface area contributed by atoms with Crippen molar-refractivity contribution in [3.63, 3.8) is 0 Å². The van der Waals surface area contributed by atoms with Crippen LogP contribution >= 0.6 is 0 Å². The van der Waals surface area contributed by atoms with Gasteiger partial charge in [-0.1, -0.05) is 17.7 Å². The van der Waals surface area contributed by atoms with E-state index in [-0.39, 0.29) is 11.8 Å². The zero-order valence-corrected chi connectivity index (χ0v) is 10.3. The van der Waals surface area contributed by atoms with Gasteiger partial charge in [0.2, 0.25) is 5.91 Å². The van der Waals surface area contributed by atoms with Gasteiger partial charge in [0.1, 0.15) is 0 Å². The zero-order valence-electron chi connectivity index (χ0n) is 10.3. The van der Waals surface area contributed by atoms with Crippen molar-refractivity contribution < 1.29 is 4.79 Å². The minimum Gasteiger partial charge on any atom is -0.328 e. The van der Waals surface area contributed by atoms with Crippen molar-refractivity contribution in [2.45, 2.75) is 38.6 Å². The molecule has 1 aromatic rings. The lowest BCUT2D eigenvalue weighted by molar-refractivity contribution is -0.120. The van der Waals surface area contributed by atoms with E-state index in [9.17, 15) is 4.79 Å². The number of benzene rings is 1. The Kier molecular flexibility index (Phi) is 3.79. The molecule has 3 nitrogen and oxygen atoms in total. The van der Waals surface area contributed by atoms with Crippen molar-refractivity contribution in [1.29, 1.82) is 0 Å². The molecule has 3 N–H and O–H groups in total. The van der Waals surface area contributed by atoms with Crippen LogP contribution in [0.1, 0.15) is 31.2 Å². The lowest BCUT2D eigenvalue weighted by Crippen LogP contribution is -2.32. The maximum Gasteiger partial charge on any atom is 0.227 e. The Bertz CT molecular complexity index is 378. The van der Waals surface area contributed by atoms with Gasteiger partial charge >= 0.3 is 0 Å². The van der Waals surface area contributed by atoms with Gasteiger partial charge in [0.25, 0.3) is 0 Å². The third-order valence-corrected chi connectivity index (χ3v) is 3.46. The van der Waals surface area contributed by atoms with Gasteiger partial charge in [-0.2, -0.15) is 0 Å². The molecule has 1 aliphatic rings. The van der Waals surface area contributed by atoms with E-state index in [1.807, 2.05) is 31.2 Å². The topological polar surface area (TPSA) is 55.1 Å². The molecule has 1 saturated carbocycles. The molecule has 3 heteroatoms. The van der Waals surface area contributed by atoms with E-state index in [2.05, 4.69) is 5.32 Å². The van der Waals surface area contributed by atoms with Crippen molar-refractivity contribution in [1.82, 2.24) is 0 Å². The summed E-state index contributed by atoms with van der Waals surface area (Å²) in [6, 6.07) is 8.20. The second-order valence-electron chi connectivity index (χ2n) is 4.97. The summed E-state index contributed by atoms with van der Waals surface area (Å²) in [5.74, 6) is 0.275. The van der Waals surface area contributed by atoms with Gasteiger partial charge in [0.15, 0.2) is 0 Å². The summed E-state index contributed by atoms with van der Waals surface area (Å²) in [5.41, 5.74) is 7.92. The van der Waals surface area contributed by atoms with Gasteiger partial charge in [-0.25, -0.2) is 0 Å². The molecular formula is C14H20N2O. The number of carbonyl (C=O) groups excluding carboxylic acids is 1. The van der Waals surface area contributed by atoms with E-state index < -0.39 is 0 Å². The highest BCUT2D eigenvalue weighted by Crippen LogP contribution is 2.24. The van der Waals surface area contributed by atoms with Crippen LogP contribution in [0, 0.1) is 12.8 Å². The fraction of sp³-hybridized carbons (Fsp3) is 0.500. The van der Waals surface area contributed by atoms with E-state index in [1.165, 1.54) is 5.56 Å². The number of nitrogens with two attached hydrogens (primary N) is 1. The predicted molar refractivity (Wildman–Crippen MR) is 69.7 cm³/mol. The fourth-order valence-electron chi connectivity index (χ4n) is 2.26. The number of amides is 1. The summed E-state index contributed by atoms with van der Waals surface area (Å²) in [6.07, 6.45) is 3.76. The summed E-state index contributed by atoms with van der Waals surface area (Å²) in [4.78, 5) is 12.0. The summed E-state index contributed by atoms with van der Waals surface area (Å²) < 4.78 is 0. The third kappa shape index (κ3) is 3.30. The minimum absolute atomic E-state index is 0.135. The number of carbonyl (C=O) groups is 1. The Balaban J connectivity index is 1.90. The molecular weight excluding hydrogens is 212 g/mol. The Morgan fingerprint density at radius 2 is 1.76 bits per heavy atom. The zero-order chi connectivity index (χ0) is 12.3. The van der Waals surface area contributed by atoms with Crippen LogP contribution in [0.15, 0.2) is 24.3 Å². The summed E-state index contributed by atoms with van der Waals surface area (Å²) in [7, 11) is 0. The molecule has 0 radical (unpaired) electrons. The summed E-state index contributed by atoms with van der Waals surface area (Å²) in [6.45, 7) is 2.04. The number of hydrogen-bond acceptors (Lipinski definition) is 2. The molecule has 0 bridgehead atoms. The third-order valence-electron chi connectivity index (χ3n) is 3.46. The normalized spacial score (nSPS) is 24.4. The van der Waals surface area contributed by atoms with Crippen LogP contribution in [0.5, 0.6) is 0 Å². The molecule has 0 atom stereocenters. The SMILES string of the molecule is Cc1ccc(NC(=O)C2CCC(N)CC2)cc1. The number of aryl methyl sites for hydroxylation is 1. The molecule has 92 valence electrons. The first-order valence-corrected chi connectivity index (χ1v) is 6.28. The Labute approximate surface area is 102 Å². The monoisotopic (exact) mass is 232 g/mol. The van der Waals surface area contributed by atoms with Gasteiger partial charge in [0.05, 0.1) is 0 Å². The van der Waals surface area contributed by atoms with Crippen molar-refractivity contribution in [2.24, 2.45) is 11.7 Å². The van der Waals surface area contributed by atoms with Crippen LogP contribution in [0.2, 0.25) is 0 Å². The van der Waals surface area contributed by atoms with Crippen molar-refractivity contribution >= 4 is 11.6 Å². The maximum atomic E-state index is 12.0. The molecule has 0 saturated heterocycles. The fourth-order valence-corrected chi connectivity index (χ4v) is 2.26. The van der Waals surface area contributed by atoms with Crippen LogP contribution in [0.25, 0.3) is 0 Å². The molecule has 0 aliphatic heterocycles. The lowest BCUT2D eigenvalue weighted by Gasteiger charge is -2.25. The van der Waals surface area contributed by atoms with E-state index in [0.717, 1.165) is 31.4 Å². The molecule has 0 unspecified atom stereocenters. The Morgan fingerprint density at radius 1 is 1.18 bits per heavy atom. The van der Waals surface area contributed by atoms with Crippen LogP contribution in [-0.2, 0) is 4.79 Å². The highest BCUT2D eigenvalue weighted by atomic mass is 16.1. The molecule has 1 aliphatic carbocycles. The van der Waals surface area contributed by atoms with Gasteiger partial charge in [-0.15, -0.1) is 0 Å². The molecule has 1 fully saturated rings. The molecule has 1 amide bonds. The van der Waals surface area contributed by atoms with E-state index in [4.69, 9.17) is 5.73 Å². The molecule has 0 heterocycles. The highest BCUT2D eigenvalue weighted by Gasteiger charge is 2.24. The van der Waals surface area contributed by atoms with E-state index in [0.29, 0.717) is 6.04 Å². The first kappa shape index (κ1) is 12.1. The van der Waals surface area contributed by atoms with Crippen molar-refractivity contribution in [2.75, 3.05) is 5.32 Å². The number of hydrogen-bond donors (Lipinski definition) is 2. The van der Waals surface area contributed by atoms with Crippen molar-refractivity contribution in [3.05, 3.63) is 29.8 Å². The first-order valence-electron chi connectivity index (χ1n) is 6.28. The molecule has 0 spiro atoms. The predicted octanol–water partition coefficient (Wildman–Crippen LogP) is 2.45. The van der Waals surface area contributed by atoms with Gasteiger partial charge < -0.3 is 11.1 Å². The minimum atomic E-state index is 0.135. The smallest absolute Gasteiger partial charge is 0.227 e. The van der Waals surface area contributed by atoms with E-state index in [1.54, 1.807) is 0 Å². The lowest BCUT2D eigenvalue weighted by atomic mass is 9.86. The average Bonchev–Trinajstić information content (AvgIpc) is 2.33. The quantitative estimate of drug-likeness (QED) is 0.823.